The fourth-order valence-corrected chi connectivity index (χ4v) is 3.34. The molecule has 4 rings (SSSR count). The van der Waals surface area contributed by atoms with Gasteiger partial charge < -0.3 is 9.94 Å². The van der Waals surface area contributed by atoms with Crippen molar-refractivity contribution in [2.75, 3.05) is 0 Å². The second-order valence-electron chi connectivity index (χ2n) is 6.74. The Morgan fingerprint density at radius 3 is 2.50 bits per heavy atom. The van der Waals surface area contributed by atoms with Gasteiger partial charge in [-0.3, -0.25) is 9.48 Å². The number of fused-ring (bicyclic) bond motifs is 1. The Morgan fingerprint density at radius 1 is 1.10 bits per heavy atom. The van der Waals surface area contributed by atoms with Crippen LogP contribution in [0, 0.1) is 6.92 Å². The molecular weight excluding hydrogens is 399 g/mol. The van der Waals surface area contributed by atoms with Gasteiger partial charge in [0.1, 0.15) is 5.75 Å². The Labute approximate surface area is 168 Å². The van der Waals surface area contributed by atoms with Crippen LogP contribution in [0.15, 0.2) is 65.7 Å². The first-order chi connectivity index (χ1) is 14.2. The summed E-state index contributed by atoms with van der Waals surface area (Å²) < 4.78 is 43.2. The van der Waals surface area contributed by atoms with Gasteiger partial charge in [0.05, 0.1) is 29.5 Å². The highest BCUT2D eigenvalue weighted by atomic mass is 19.4. The average Bonchev–Trinajstić information content (AvgIpc) is 3.15. The van der Waals surface area contributed by atoms with Gasteiger partial charge in [-0.25, -0.2) is 0 Å². The maximum absolute atomic E-state index is 13.0. The maximum atomic E-state index is 13.0. The highest BCUT2D eigenvalue weighted by Gasteiger charge is 2.30. The normalized spacial score (nSPS) is 11.7. The van der Waals surface area contributed by atoms with Gasteiger partial charge in [-0.15, -0.1) is 13.2 Å². The fraction of sp³-hybridized carbons (Fsp3) is 0.143. The van der Waals surface area contributed by atoms with Crippen LogP contribution in [-0.4, -0.2) is 26.1 Å². The zero-order chi connectivity index (χ0) is 21.5. The molecule has 154 valence electrons. The van der Waals surface area contributed by atoms with Crippen molar-refractivity contribution in [3.8, 4) is 16.9 Å². The molecule has 0 aliphatic heterocycles. The van der Waals surface area contributed by atoms with E-state index < -0.39 is 6.36 Å². The summed E-state index contributed by atoms with van der Waals surface area (Å²) in [6.45, 7) is 1.92. The summed E-state index contributed by atoms with van der Waals surface area (Å²) in [4.78, 5) is 13.0. The van der Waals surface area contributed by atoms with E-state index >= 15 is 0 Å². The molecule has 1 N–H and O–H groups in total. The lowest BCUT2D eigenvalue weighted by molar-refractivity contribution is -0.274. The lowest BCUT2D eigenvalue weighted by Crippen LogP contribution is -2.17. The predicted octanol–water partition coefficient (Wildman–Crippen LogP) is 4.36. The summed E-state index contributed by atoms with van der Waals surface area (Å²) in [5.74, 6) is -0.303. The topological polar surface area (TPSA) is 69.3 Å². The Balaban J connectivity index is 1.63. The molecule has 0 saturated heterocycles. The van der Waals surface area contributed by atoms with Crippen LogP contribution in [0.5, 0.6) is 5.75 Å². The summed E-state index contributed by atoms with van der Waals surface area (Å²) in [5.41, 5.74) is 2.14. The van der Waals surface area contributed by atoms with Crippen LogP contribution in [0.25, 0.3) is 22.0 Å². The van der Waals surface area contributed by atoms with E-state index in [1.165, 1.54) is 30.5 Å². The summed E-state index contributed by atoms with van der Waals surface area (Å²) >= 11 is 0. The van der Waals surface area contributed by atoms with E-state index in [1.54, 1.807) is 42.1 Å². The smallest absolute Gasteiger partial charge is 0.428 e. The van der Waals surface area contributed by atoms with Crippen LogP contribution in [0.2, 0.25) is 0 Å². The van der Waals surface area contributed by atoms with Crippen molar-refractivity contribution in [3.05, 3.63) is 82.4 Å². The first-order valence-corrected chi connectivity index (χ1v) is 8.94. The Hall–Kier alpha value is -3.75. The summed E-state index contributed by atoms with van der Waals surface area (Å²) in [6.07, 6.45) is -1.58. The van der Waals surface area contributed by atoms with E-state index in [1.807, 2.05) is 0 Å². The zero-order valence-corrected chi connectivity index (χ0v) is 15.7. The molecule has 0 fully saturated rings. The molecule has 0 aliphatic carbocycles. The number of hydrogen-bond acceptors (Lipinski definition) is 4. The third-order valence-corrected chi connectivity index (χ3v) is 4.71. The van der Waals surface area contributed by atoms with Crippen LogP contribution < -0.4 is 10.2 Å². The van der Waals surface area contributed by atoms with Crippen molar-refractivity contribution in [1.82, 2.24) is 14.5 Å². The molecule has 6 nitrogen and oxygen atoms in total. The molecule has 2 heterocycles. The van der Waals surface area contributed by atoms with Crippen molar-refractivity contribution < 1.29 is 23.1 Å². The number of alkyl halides is 3. The van der Waals surface area contributed by atoms with Gasteiger partial charge in [0, 0.05) is 17.1 Å². The molecule has 0 unspecified atom stereocenters. The summed E-state index contributed by atoms with van der Waals surface area (Å²) in [5, 5.41) is 15.1. The van der Waals surface area contributed by atoms with Crippen LogP contribution in [-0.2, 0) is 6.54 Å². The van der Waals surface area contributed by atoms with Gasteiger partial charge in [0.2, 0.25) is 0 Å². The van der Waals surface area contributed by atoms with E-state index in [0.717, 1.165) is 4.73 Å². The van der Waals surface area contributed by atoms with E-state index in [2.05, 4.69) is 9.84 Å². The molecule has 0 atom stereocenters. The molecule has 0 amide bonds. The number of ether oxygens (including phenoxy) is 1. The van der Waals surface area contributed by atoms with Crippen molar-refractivity contribution in [2.45, 2.75) is 19.8 Å². The van der Waals surface area contributed by atoms with Crippen molar-refractivity contribution >= 4 is 10.9 Å². The summed E-state index contributed by atoms with van der Waals surface area (Å²) in [6, 6.07) is 12.2. The number of aromatic nitrogens is 3. The first kappa shape index (κ1) is 19.6. The molecule has 0 radical (unpaired) electrons. The van der Waals surface area contributed by atoms with Crippen molar-refractivity contribution in [1.29, 1.82) is 0 Å². The minimum absolute atomic E-state index is 0.221. The van der Waals surface area contributed by atoms with Gasteiger partial charge in [-0.2, -0.15) is 9.83 Å². The predicted molar refractivity (Wildman–Crippen MR) is 104 cm³/mol. The van der Waals surface area contributed by atoms with Gasteiger partial charge in [0.15, 0.2) is 5.43 Å². The minimum Gasteiger partial charge on any atom is -0.428 e. The monoisotopic (exact) mass is 415 g/mol. The second-order valence-corrected chi connectivity index (χ2v) is 6.74. The molecule has 0 spiro atoms. The molecular formula is C21H16F3N3O3. The maximum Gasteiger partial charge on any atom is 0.573 e. The number of hydrogen-bond donors (Lipinski definition) is 1. The van der Waals surface area contributed by atoms with E-state index in [4.69, 9.17) is 0 Å². The van der Waals surface area contributed by atoms with Crippen LogP contribution in [0.4, 0.5) is 13.2 Å². The Kier molecular flexibility index (Phi) is 4.73. The van der Waals surface area contributed by atoms with Crippen LogP contribution >= 0.6 is 0 Å². The molecule has 30 heavy (non-hydrogen) atoms. The minimum atomic E-state index is -4.74. The number of rotatable bonds is 4. The molecule has 0 bridgehead atoms. The first-order valence-electron chi connectivity index (χ1n) is 8.94. The lowest BCUT2D eigenvalue weighted by atomic mass is 10.0. The number of halogens is 3. The highest BCUT2D eigenvalue weighted by molar-refractivity contribution is 5.84. The second kappa shape index (κ2) is 7.25. The van der Waals surface area contributed by atoms with Crippen molar-refractivity contribution in [2.24, 2.45) is 0 Å². The molecule has 2 aromatic heterocycles. The fourth-order valence-electron chi connectivity index (χ4n) is 3.34. The van der Waals surface area contributed by atoms with Gasteiger partial charge in [-0.05, 0) is 36.8 Å². The highest BCUT2D eigenvalue weighted by Crippen LogP contribution is 2.25. The van der Waals surface area contributed by atoms with Gasteiger partial charge in [-0.1, -0.05) is 24.3 Å². The molecule has 9 heteroatoms. The van der Waals surface area contributed by atoms with E-state index in [9.17, 15) is 23.2 Å². The van der Waals surface area contributed by atoms with Crippen LogP contribution in [0.1, 0.15) is 11.3 Å². The Bertz CT molecular complexity index is 1270. The zero-order valence-electron chi connectivity index (χ0n) is 15.7. The molecule has 4 aromatic rings. The quantitative estimate of drug-likeness (QED) is 0.503. The van der Waals surface area contributed by atoms with Gasteiger partial charge in [0.25, 0.3) is 0 Å². The standard InChI is InChI=1S/C21H16F3N3O3/c1-13-19(20(28)17-4-2-3-5-18(17)27(13)29)15-10-25-26(12-15)11-14-6-8-16(9-7-14)30-21(22,23)24/h2-10,12,29H,11H2,1H3. The van der Waals surface area contributed by atoms with E-state index in [0.29, 0.717) is 33.3 Å². The lowest BCUT2D eigenvalue weighted by Gasteiger charge is -2.11. The number of para-hydroxylation sites is 1. The van der Waals surface area contributed by atoms with E-state index in [-0.39, 0.29) is 17.7 Å². The Morgan fingerprint density at radius 2 is 1.80 bits per heavy atom. The number of pyridine rings is 1. The SMILES string of the molecule is Cc1c(-c2cnn(Cc3ccc(OC(F)(F)F)cc3)c2)c(=O)c2ccccc2n1O. The average molecular weight is 415 g/mol. The molecule has 0 aliphatic rings. The third-order valence-electron chi connectivity index (χ3n) is 4.71. The third kappa shape index (κ3) is 3.73. The largest absolute Gasteiger partial charge is 0.573 e. The number of benzene rings is 2. The van der Waals surface area contributed by atoms with Gasteiger partial charge >= 0.3 is 6.36 Å². The van der Waals surface area contributed by atoms with Crippen LogP contribution in [0.3, 0.4) is 0 Å². The summed E-state index contributed by atoms with van der Waals surface area (Å²) in [7, 11) is 0. The van der Waals surface area contributed by atoms with Crippen molar-refractivity contribution in [3.63, 3.8) is 0 Å². The molecule has 0 saturated carbocycles. The molecule has 2 aromatic carbocycles. The number of nitrogens with zero attached hydrogens (tertiary/aromatic N) is 3.